The Morgan fingerprint density at radius 1 is 1.28 bits per heavy atom. The van der Waals surface area contributed by atoms with Crippen molar-refractivity contribution in [2.75, 3.05) is 19.0 Å². The molecule has 0 bridgehead atoms. The van der Waals surface area contributed by atoms with Crippen LogP contribution in [0.2, 0.25) is 0 Å². The van der Waals surface area contributed by atoms with Crippen LogP contribution in [0.25, 0.3) is 0 Å². The van der Waals surface area contributed by atoms with Crippen molar-refractivity contribution in [3.63, 3.8) is 0 Å². The molecule has 4 heteroatoms. The number of rotatable bonds is 5. The summed E-state index contributed by atoms with van der Waals surface area (Å²) in [7, 11) is 1.68. The van der Waals surface area contributed by atoms with E-state index in [0.29, 0.717) is 0 Å². The number of ether oxygens (including phenoxy) is 1. The maximum Gasteiger partial charge on any atom is 0.140 e. The third kappa shape index (κ3) is 3.47. The van der Waals surface area contributed by atoms with E-state index in [9.17, 15) is 0 Å². The second-order valence-corrected chi connectivity index (χ2v) is 4.72. The highest BCUT2D eigenvalue weighted by atomic mass is 79.9. The third-order valence-electron chi connectivity index (χ3n) is 2.60. The van der Waals surface area contributed by atoms with Crippen molar-refractivity contribution in [2.45, 2.75) is 6.42 Å². The van der Waals surface area contributed by atoms with Gasteiger partial charge in [-0.3, -0.25) is 0 Å². The SMILES string of the molecule is COc1cccc(CCNc2ncccc2Br)c1. The molecule has 2 rings (SSSR count). The van der Waals surface area contributed by atoms with Gasteiger partial charge in [0.2, 0.25) is 0 Å². The molecule has 0 aliphatic rings. The molecule has 0 spiro atoms. The molecule has 0 unspecified atom stereocenters. The van der Waals surface area contributed by atoms with Gasteiger partial charge in [-0.2, -0.15) is 0 Å². The third-order valence-corrected chi connectivity index (χ3v) is 3.24. The normalized spacial score (nSPS) is 10.1. The molecule has 3 nitrogen and oxygen atoms in total. The molecule has 0 saturated heterocycles. The van der Waals surface area contributed by atoms with E-state index < -0.39 is 0 Å². The van der Waals surface area contributed by atoms with Crippen molar-refractivity contribution >= 4 is 21.7 Å². The fourth-order valence-electron chi connectivity index (χ4n) is 1.67. The van der Waals surface area contributed by atoms with Gasteiger partial charge >= 0.3 is 0 Å². The van der Waals surface area contributed by atoms with E-state index in [1.807, 2.05) is 24.3 Å². The lowest BCUT2D eigenvalue weighted by Gasteiger charge is -2.08. The van der Waals surface area contributed by atoms with Gasteiger partial charge in [-0.25, -0.2) is 4.98 Å². The fraction of sp³-hybridized carbons (Fsp3) is 0.214. The zero-order valence-electron chi connectivity index (χ0n) is 10.2. The highest BCUT2D eigenvalue weighted by Gasteiger charge is 2.00. The molecule has 1 N–H and O–H groups in total. The number of pyridine rings is 1. The predicted molar refractivity (Wildman–Crippen MR) is 77.1 cm³/mol. The molecule has 2 aromatic rings. The van der Waals surface area contributed by atoms with Gasteiger partial charge in [0.1, 0.15) is 11.6 Å². The van der Waals surface area contributed by atoms with E-state index in [-0.39, 0.29) is 0 Å². The molecule has 0 aliphatic carbocycles. The highest BCUT2D eigenvalue weighted by Crippen LogP contribution is 2.18. The molecule has 0 radical (unpaired) electrons. The van der Waals surface area contributed by atoms with Gasteiger partial charge in [-0.1, -0.05) is 12.1 Å². The molecule has 0 fully saturated rings. The lowest BCUT2D eigenvalue weighted by Crippen LogP contribution is -2.06. The summed E-state index contributed by atoms with van der Waals surface area (Å²) in [5.74, 6) is 1.77. The van der Waals surface area contributed by atoms with Crippen molar-refractivity contribution in [3.05, 3.63) is 52.6 Å². The van der Waals surface area contributed by atoms with Gasteiger partial charge in [0.05, 0.1) is 11.6 Å². The number of anilines is 1. The van der Waals surface area contributed by atoms with Crippen molar-refractivity contribution in [3.8, 4) is 5.75 Å². The predicted octanol–water partition coefficient (Wildman–Crippen LogP) is 3.51. The van der Waals surface area contributed by atoms with E-state index in [1.165, 1.54) is 5.56 Å². The van der Waals surface area contributed by atoms with E-state index in [0.717, 1.165) is 29.0 Å². The van der Waals surface area contributed by atoms with Crippen LogP contribution in [0.15, 0.2) is 47.1 Å². The van der Waals surface area contributed by atoms with E-state index >= 15 is 0 Å². The fourth-order valence-corrected chi connectivity index (χ4v) is 2.06. The summed E-state index contributed by atoms with van der Waals surface area (Å²) >= 11 is 3.46. The van der Waals surface area contributed by atoms with Gasteiger partial charge < -0.3 is 10.1 Å². The highest BCUT2D eigenvalue weighted by molar-refractivity contribution is 9.10. The van der Waals surface area contributed by atoms with Crippen molar-refractivity contribution < 1.29 is 4.74 Å². The second kappa shape index (κ2) is 6.40. The second-order valence-electron chi connectivity index (χ2n) is 3.86. The van der Waals surface area contributed by atoms with Crippen LogP contribution in [-0.2, 0) is 6.42 Å². The molecule has 0 atom stereocenters. The van der Waals surface area contributed by atoms with Gasteiger partial charge in [-0.05, 0) is 52.2 Å². The van der Waals surface area contributed by atoms with Gasteiger partial charge in [0.15, 0.2) is 0 Å². The first kappa shape index (κ1) is 12.9. The lowest BCUT2D eigenvalue weighted by atomic mass is 10.1. The number of nitrogens with one attached hydrogen (secondary N) is 1. The van der Waals surface area contributed by atoms with Crippen molar-refractivity contribution in [1.82, 2.24) is 4.98 Å². The first-order valence-corrected chi connectivity index (χ1v) is 6.56. The topological polar surface area (TPSA) is 34.1 Å². The Hall–Kier alpha value is -1.55. The molecule has 0 aliphatic heterocycles. The number of nitrogens with zero attached hydrogens (tertiary/aromatic N) is 1. The van der Waals surface area contributed by atoms with Gasteiger partial charge in [0, 0.05) is 12.7 Å². The van der Waals surface area contributed by atoms with Crippen LogP contribution in [0, 0.1) is 0 Å². The van der Waals surface area contributed by atoms with E-state index in [4.69, 9.17) is 4.74 Å². The molecule has 94 valence electrons. The van der Waals surface area contributed by atoms with Crippen LogP contribution in [0.5, 0.6) is 5.75 Å². The Balaban J connectivity index is 1.90. The Morgan fingerprint density at radius 2 is 2.17 bits per heavy atom. The number of hydrogen-bond acceptors (Lipinski definition) is 3. The van der Waals surface area contributed by atoms with Crippen molar-refractivity contribution in [1.29, 1.82) is 0 Å². The van der Waals surface area contributed by atoms with Gasteiger partial charge in [0.25, 0.3) is 0 Å². The molecule has 0 saturated carbocycles. The summed E-state index contributed by atoms with van der Waals surface area (Å²) in [6, 6.07) is 12.0. The molecule has 1 aromatic heterocycles. The van der Waals surface area contributed by atoms with E-state index in [1.54, 1.807) is 13.3 Å². The average molecular weight is 307 g/mol. The van der Waals surface area contributed by atoms with Crippen LogP contribution in [-0.4, -0.2) is 18.6 Å². The molecule has 1 heterocycles. The minimum absolute atomic E-state index is 0.836. The summed E-state index contributed by atoms with van der Waals surface area (Å²) in [4.78, 5) is 4.26. The molecular weight excluding hydrogens is 292 g/mol. The quantitative estimate of drug-likeness (QED) is 0.918. The minimum atomic E-state index is 0.836. The van der Waals surface area contributed by atoms with E-state index in [2.05, 4.69) is 38.4 Å². The first-order chi connectivity index (χ1) is 8.79. The monoisotopic (exact) mass is 306 g/mol. The van der Waals surface area contributed by atoms with Crippen LogP contribution in [0.4, 0.5) is 5.82 Å². The Morgan fingerprint density at radius 3 is 2.94 bits per heavy atom. The molecule has 1 aromatic carbocycles. The number of aromatic nitrogens is 1. The Labute approximate surface area is 115 Å². The lowest BCUT2D eigenvalue weighted by molar-refractivity contribution is 0.414. The summed E-state index contributed by atoms with van der Waals surface area (Å²) in [5, 5.41) is 3.30. The maximum absolute atomic E-state index is 5.20. The Bertz CT molecular complexity index is 517. The first-order valence-electron chi connectivity index (χ1n) is 5.77. The maximum atomic E-state index is 5.20. The zero-order chi connectivity index (χ0) is 12.8. The van der Waals surface area contributed by atoms with Crippen LogP contribution >= 0.6 is 15.9 Å². The number of hydrogen-bond donors (Lipinski definition) is 1. The number of halogens is 1. The summed E-state index contributed by atoms with van der Waals surface area (Å²) in [5.41, 5.74) is 1.24. The largest absolute Gasteiger partial charge is 0.497 e. The smallest absolute Gasteiger partial charge is 0.140 e. The molecule has 18 heavy (non-hydrogen) atoms. The summed E-state index contributed by atoms with van der Waals surface area (Å²) in [6.45, 7) is 0.836. The molecule has 0 amide bonds. The average Bonchev–Trinajstić information content (AvgIpc) is 2.41. The molecular formula is C14H15BrN2O. The number of benzene rings is 1. The summed E-state index contributed by atoms with van der Waals surface area (Å²) < 4.78 is 6.18. The summed E-state index contributed by atoms with van der Waals surface area (Å²) in [6.07, 6.45) is 2.71. The Kier molecular flexibility index (Phi) is 4.59. The van der Waals surface area contributed by atoms with Crippen molar-refractivity contribution in [2.24, 2.45) is 0 Å². The van der Waals surface area contributed by atoms with Crippen LogP contribution in [0.3, 0.4) is 0 Å². The van der Waals surface area contributed by atoms with Crippen LogP contribution < -0.4 is 10.1 Å². The van der Waals surface area contributed by atoms with Gasteiger partial charge in [-0.15, -0.1) is 0 Å². The number of methoxy groups -OCH3 is 1. The standard InChI is InChI=1S/C14H15BrN2O/c1-18-12-5-2-4-11(10-12)7-9-17-14-13(15)6-3-8-16-14/h2-6,8,10H,7,9H2,1H3,(H,16,17). The van der Waals surface area contributed by atoms with Crippen LogP contribution in [0.1, 0.15) is 5.56 Å². The zero-order valence-corrected chi connectivity index (χ0v) is 11.8. The minimum Gasteiger partial charge on any atom is -0.497 e.